The summed E-state index contributed by atoms with van der Waals surface area (Å²) in [6.45, 7) is 67.0. The molecule has 0 radical (unpaired) electrons. The van der Waals surface area contributed by atoms with Crippen LogP contribution in [0.25, 0.3) is 22.3 Å². The monoisotopic (exact) mass is 875 g/mol. The molecule has 0 spiro atoms. The van der Waals surface area contributed by atoms with Gasteiger partial charge in [-0.15, -0.1) is 10.2 Å². The zero-order valence-corrected chi connectivity index (χ0v) is 46.7. The summed E-state index contributed by atoms with van der Waals surface area (Å²) < 4.78 is 4.46. The number of hydrogen-bond donors (Lipinski definition) is 0. The van der Waals surface area contributed by atoms with Crippen LogP contribution in [0.3, 0.4) is 0 Å². The average Bonchev–Trinajstić information content (AvgIpc) is 3.69. The molecule has 6 nitrogen and oxygen atoms in total. The first-order chi connectivity index (χ1) is 28.3. The van der Waals surface area contributed by atoms with Crippen LogP contribution in [0, 0.1) is 66.0 Å². The van der Waals surface area contributed by atoms with Gasteiger partial charge in [0.2, 0.25) is 0 Å². The van der Waals surface area contributed by atoms with E-state index >= 15 is 0 Å². The second kappa shape index (κ2) is 13.5. The maximum Gasteiger partial charge on any atom is 0.117 e. The van der Waals surface area contributed by atoms with E-state index in [1.807, 2.05) is 0 Å². The van der Waals surface area contributed by atoms with Crippen molar-refractivity contribution in [2.24, 2.45) is 66.0 Å². The molecule has 356 valence electrons. The van der Waals surface area contributed by atoms with Crippen molar-refractivity contribution in [2.75, 3.05) is 0 Å². The van der Waals surface area contributed by atoms with Crippen molar-refractivity contribution in [3.63, 3.8) is 0 Å². The summed E-state index contributed by atoms with van der Waals surface area (Å²) in [6, 6.07) is 0. The van der Waals surface area contributed by atoms with Crippen molar-refractivity contribution in [1.82, 2.24) is 30.0 Å². The highest BCUT2D eigenvalue weighted by atomic mass is 15.5. The third-order valence-corrected chi connectivity index (χ3v) is 19.7. The number of nitrogens with zero attached hydrogens (tertiary/aromatic N) is 6. The van der Waals surface area contributed by atoms with E-state index in [4.69, 9.17) is 20.6 Å². The molecule has 0 aromatic carbocycles. The molecule has 6 aliphatic rings. The highest BCUT2D eigenvalue weighted by molar-refractivity contribution is 5.93. The average molecular weight is 875 g/mol. The zero-order valence-electron chi connectivity index (χ0n) is 46.7. The molecule has 64 heavy (non-hydrogen) atoms. The number of hydrogen-bond acceptors (Lipinski definition) is 4. The van der Waals surface area contributed by atoms with Gasteiger partial charge in [0.15, 0.2) is 0 Å². The van der Waals surface area contributed by atoms with E-state index in [0.29, 0.717) is 11.8 Å². The van der Waals surface area contributed by atoms with Crippen molar-refractivity contribution >= 4 is 22.3 Å². The number of rotatable bonds is 2. The molecule has 2 unspecified atom stereocenters. The second-order valence-corrected chi connectivity index (χ2v) is 30.4. The van der Waals surface area contributed by atoms with Gasteiger partial charge < -0.3 is 0 Å². The molecule has 0 amide bonds. The SMILES string of the molecule is CC(C)(C)CC1CC2=C(c3c(nnn3C(C)(C)C)C3=C1C(C)(C)C3(C)C)C(C)(C)C2(C)C.CC(C)(C)CC1CC2=C(c3nnn(C(C)(C)C)c3C3=C1C(C)(C)C3(C)C)C(C)(C)C2(C)C. The molecule has 6 heteroatoms. The minimum atomic E-state index is -0.114. The summed E-state index contributed by atoms with van der Waals surface area (Å²) in [4.78, 5) is 0. The Labute approximate surface area is 392 Å². The van der Waals surface area contributed by atoms with Crippen LogP contribution in [0.5, 0.6) is 0 Å². The Bertz CT molecular complexity index is 2420. The van der Waals surface area contributed by atoms with Crippen LogP contribution in [-0.2, 0) is 11.1 Å². The van der Waals surface area contributed by atoms with Gasteiger partial charge in [0, 0.05) is 21.7 Å². The lowest BCUT2D eigenvalue weighted by Gasteiger charge is -2.62. The van der Waals surface area contributed by atoms with E-state index in [1.165, 1.54) is 46.5 Å². The van der Waals surface area contributed by atoms with Gasteiger partial charge in [-0.2, -0.15) is 0 Å². The topological polar surface area (TPSA) is 61.4 Å². The molecule has 6 aliphatic carbocycles. The Morgan fingerprint density at radius 3 is 1.06 bits per heavy atom. The maximum absolute atomic E-state index is 4.95. The molecular formula is C58H94N6. The first-order valence-electron chi connectivity index (χ1n) is 25.3. The highest BCUT2D eigenvalue weighted by Crippen LogP contribution is 2.75. The van der Waals surface area contributed by atoms with Crippen molar-refractivity contribution < 1.29 is 0 Å². The lowest BCUT2D eigenvalue weighted by atomic mass is 9.41. The summed E-state index contributed by atoms with van der Waals surface area (Å²) in [5.41, 5.74) is 18.8. The standard InChI is InChI=1S/2C29H47N3/c1-24(2,3)16-17-15-18-20(28(11,12)26(18,7)8)23-22(30-31-32(23)25(4,5)6)21-19(17)27(9,10)29(21,13)14;1-24(2,3)16-17-15-18-20(28(11,12)26(18,7)8)22-23(32(31-30-22)25(4,5)6)21-19(17)27(9,10)29(21,13)14/h2*17H,15-16H2,1-14H3. The van der Waals surface area contributed by atoms with E-state index in [9.17, 15) is 0 Å². The van der Waals surface area contributed by atoms with Gasteiger partial charge >= 0.3 is 0 Å². The summed E-state index contributed by atoms with van der Waals surface area (Å²) in [7, 11) is 0. The van der Waals surface area contributed by atoms with Gasteiger partial charge in [0.25, 0.3) is 0 Å². The lowest BCUT2D eigenvalue weighted by Crippen LogP contribution is -2.52. The molecule has 0 bridgehead atoms. The summed E-state index contributed by atoms with van der Waals surface area (Å²) in [5, 5.41) is 19.5. The van der Waals surface area contributed by atoms with Crippen molar-refractivity contribution in [1.29, 1.82) is 0 Å². The molecule has 2 atom stereocenters. The fourth-order valence-electron chi connectivity index (χ4n) is 13.8. The fourth-order valence-corrected chi connectivity index (χ4v) is 13.8. The number of fused-ring (bicyclic) bond motifs is 6. The molecule has 8 rings (SSSR count). The largest absolute Gasteiger partial charge is 0.239 e. The van der Waals surface area contributed by atoms with Crippen LogP contribution >= 0.6 is 0 Å². The van der Waals surface area contributed by atoms with Gasteiger partial charge in [-0.05, 0) is 134 Å². The van der Waals surface area contributed by atoms with Gasteiger partial charge in [-0.25, -0.2) is 9.36 Å². The maximum atomic E-state index is 4.95. The number of allylic oxidation sites excluding steroid dienone is 8. The molecule has 0 saturated carbocycles. The van der Waals surface area contributed by atoms with Crippen LogP contribution < -0.4 is 0 Å². The van der Waals surface area contributed by atoms with Gasteiger partial charge in [0.05, 0.1) is 22.5 Å². The van der Waals surface area contributed by atoms with E-state index < -0.39 is 0 Å². The van der Waals surface area contributed by atoms with Crippen LogP contribution in [0.15, 0.2) is 22.3 Å². The minimum Gasteiger partial charge on any atom is -0.239 e. The van der Waals surface area contributed by atoms with Crippen molar-refractivity contribution in [3.05, 3.63) is 45.1 Å². The van der Waals surface area contributed by atoms with Gasteiger partial charge in [-0.3, -0.25) is 0 Å². The van der Waals surface area contributed by atoms with Crippen LogP contribution in [-0.4, -0.2) is 30.0 Å². The van der Waals surface area contributed by atoms with Crippen molar-refractivity contribution in [2.45, 2.75) is 231 Å². The van der Waals surface area contributed by atoms with E-state index in [1.54, 1.807) is 22.3 Å². The molecule has 0 aliphatic heterocycles. The van der Waals surface area contributed by atoms with Gasteiger partial charge in [-0.1, -0.05) is 185 Å². The third-order valence-electron chi connectivity index (χ3n) is 19.7. The normalized spacial score (nSPS) is 27.5. The lowest BCUT2D eigenvalue weighted by molar-refractivity contribution is 0.127. The summed E-state index contributed by atoms with van der Waals surface area (Å²) in [5.74, 6) is 1.12. The first-order valence-corrected chi connectivity index (χ1v) is 25.3. The highest BCUT2D eigenvalue weighted by Gasteiger charge is 2.64. The predicted molar refractivity (Wildman–Crippen MR) is 272 cm³/mol. The zero-order chi connectivity index (χ0) is 48.9. The molecule has 2 aromatic rings. The Balaban J connectivity index is 0.000000191. The first kappa shape index (κ1) is 49.2. The molecule has 0 fully saturated rings. The molecular weight excluding hydrogens is 781 g/mol. The van der Waals surface area contributed by atoms with Crippen molar-refractivity contribution in [3.8, 4) is 0 Å². The molecule has 0 N–H and O–H groups in total. The molecule has 0 saturated heterocycles. The van der Waals surface area contributed by atoms with Crippen LogP contribution in [0.4, 0.5) is 0 Å². The van der Waals surface area contributed by atoms with E-state index in [0.717, 1.165) is 24.2 Å². The van der Waals surface area contributed by atoms with E-state index in [-0.39, 0.29) is 65.2 Å². The minimum absolute atomic E-state index is 0.0768. The summed E-state index contributed by atoms with van der Waals surface area (Å²) >= 11 is 0. The predicted octanol–water partition coefficient (Wildman–Crippen LogP) is 16.3. The number of aromatic nitrogens is 6. The molecule has 2 aromatic heterocycles. The fraction of sp³-hybridized carbons (Fsp3) is 0.793. The third kappa shape index (κ3) is 6.40. The Hall–Kier alpha value is -2.76. The van der Waals surface area contributed by atoms with E-state index in [2.05, 4.69) is 203 Å². The smallest absolute Gasteiger partial charge is 0.117 e. The van der Waals surface area contributed by atoms with Crippen LogP contribution in [0.1, 0.15) is 242 Å². The second-order valence-electron chi connectivity index (χ2n) is 30.4. The van der Waals surface area contributed by atoms with Crippen LogP contribution in [0.2, 0.25) is 0 Å². The summed E-state index contributed by atoms with van der Waals surface area (Å²) in [6.07, 6.45) is 4.74. The Morgan fingerprint density at radius 2 is 0.688 bits per heavy atom. The Kier molecular flexibility index (Phi) is 10.4. The molecule has 2 heterocycles. The quantitative estimate of drug-likeness (QED) is 0.302. The van der Waals surface area contributed by atoms with Gasteiger partial charge in [0.1, 0.15) is 11.4 Å². The Morgan fingerprint density at radius 1 is 0.391 bits per heavy atom.